The minimum atomic E-state index is 0.104. The maximum absolute atomic E-state index is 9.29. The minimum absolute atomic E-state index is 0.104. The molecule has 22 heavy (non-hydrogen) atoms. The second-order valence-corrected chi connectivity index (χ2v) is 5.71. The monoisotopic (exact) mass is 319 g/mol. The lowest BCUT2D eigenvalue weighted by Gasteiger charge is -2.19. The van der Waals surface area contributed by atoms with E-state index >= 15 is 0 Å². The van der Waals surface area contributed by atoms with Gasteiger partial charge in [-0.3, -0.25) is 0 Å². The minimum Gasteiger partial charge on any atom is -0.497 e. The van der Waals surface area contributed by atoms with Crippen LogP contribution in [0.25, 0.3) is 0 Å². The summed E-state index contributed by atoms with van der Waals surface area (Å²) in [7, 11) is 1.65. The summed E-state index contributed by atoms with van der Waals surface area (Å²) >= 11 is 6.05. The molecule has 2 N–H and O–H groups in total. The molecule has 3 nitrogen and oxygen atoms in total. The molecule has 4 heteroatoms. The number of hydrogen-bond acceptors (Lipinski definition) is 3. The maximum Gasteiger partial charge on any atom is 0.118 e. The van der Waals surface area contributed by atoms with E-state index in [4.69, 9.17) is 16.3 Å². The van der Waals surface area contributed by atoms with Crippen LogP contribution in [0.2, 0.25) is 5.02 Å². The molecule has 118 valence electrons. The third kappa shape index (κ3) is 4.47. The SMILES string of the molecule is COc1ccc(C(CCO)NCc2ccc(Cl)c(C)c2)cc1. The first-order valence-electron chi connectivity index (χ1n) is 7.37. The average Bonchev–Trinajstić information content (AvgIpc) is 2.55. The van der Waals surface area contributed by atoms with Crippen LogP contribution in [0.1, 0.15) is 29.2 Å². The highest BCUT2D eigenvalue weighted by Crippen LogP contribution is 2.21. The van der Waals surface area contributed by atoms with E-state index in [9.17, 15) is 5.11 Å². The van der Waals surface area contributed by atoms with E-state index in [2.05, 4.69) is 11.4 Å². The summed E-state index contributed by atoms with van der Waals surface area (Å²) in [6, 6.07) is 14.1. The van der Waals surface area contributed by atoms with Crippen molar-refractivity contribution in [3.05, 3.63) is 64.2 Å². The summed E-state index contributed by atoms with van der Waals surface area (Å²) in [4.78, 5) is 0. The molecule has 0 aliphatic heterocycles. The van der Waals surface area contributed by atoms with Crippen molar-refractivity contribution in [2.45, 2.75) is 25.9 Å². The zero-order chi connectivity index (χ0) is 15.9. The van der Waals surface area contributed by atoms with E-state index in [-0.39, 0.29) is 12.6 Å². The molecule has 0 aliphatic rings. The van der Waals surface area contributed by atoms with Crippen LogP contribution in [0.3, 0.4) is 0 Å². The number of halogens is 1. The molecule has 2 rings (SSSR count). The van der Waals surface area contributed by atoms with Gasteiger partial charge in [-0.25, -0.2) is 0 Å². The molecular formula is C18H22ClNO2. The second kappa shape index (κ2) is 8.18. The predicted molar refractivity (Wildman–Crippen MR) is 90.5 cm³/mol. The largest absolute Gasteiger partial charge is 0.497 e. The number of nitrogens with one attached hydrogen (secondary N) is 1. The Bertz CT molecular complexity index is 599. The van der Waals surface area contributed by atoms with Gasteiger partial charge in [0.1, 0.15) is 5.75 Å². The molecule has 0 amide bonds. The lowest BCUT2D eigenvalue weighted by atomic mass is 10.0. The highest BCUT2D eigenvalue weighted by Gasteiger charge is 2.11. The molecule has 0 saturated carbocycles. The van der Waals surface area contributed by atoms with Crippen LogP contribution in [0, 0.1) is 6.92 Å². The van der Waals surface area contributed by atoms with Crippen LogP contribution in [-0.4, -0.2) is 18.8 Å². The molecule has 0 saturated heterocycles. The fourth-order valence-corrected chi connectivity index (χ4v) is 2.53. The van der Waals surface area contributed by atoms with Gasteiger partial charge in [0.05, 0.1) is 7.11 Å². The quantitative estimate of drug-likeness (QED) is 0.814. The predicted octanol–water partition coefficient (Wildman–Crippen LogP) is 3.87. The molecule has 0 aliphatic carbocycles. The van der Waals surface area contributed by atoms with Crippen molar-refractivity contribution in [2.24, 2.45) is 0 Å². The van der Waals surface area contributed by atoms with Crippen molar-refractivity contribution in [3.63, 3.8) is 0 Å². The van der Waals surface area contributed by atoms with Crippen LogP contribution in [0.15, 0.2) is 42.5 Å². The van der Waals surface area contributed by atoms with Crippen molar-refractivity contribution in [1.82, 2.24) is 5.32 Å². The van der Waals surface area contributed by atoms with Crippen LogP contribution in [0.5, 0.6) is 5.75 Å². The summed E-state index contributed by atoms with van der Waals surface area (Å²) in [5.74, 6) is 0.833. The number of benzene rings is 2. The van der Waals surface area contributed by atoms with Crippen LogP contribution in [0.4, 0.5) is 0 Å². The Labute approximate surface area is 136 Å². The van der Waals surface area contributed by atoms with Crippen molar-refractivity contribution in [2.75, 3.05) is 13.7 Å². The molecule has 0 heterocycles. The Morgan fingerprint density at radius 2 is 1.91 bits per heavy atom. The first-order valence-corrected chi connectivity index (χ1v) is 7.75. The normalized spacial score (nSPS) is 12.2. The topological polar surface area (TPSA) is 41.5 Å². The molecule has 1 atom stereocenters. The fourth-order valence-electron chi connectivity index (χ4n) is 2.41. The van der Waals surface area contributed by atoms with Gasteiger partial charge in [0.15, 0.2) is 0 Å². The first-order chi connectivity index (χ1) is 10.6. The van der Waals surface area contributed by atoms with Crippen LogP contribution < -0.4 is 10.1 Å². The second-order valence-electron chi connectivity index (χ2n) is 5.30. The Kier molecular flexibility index (Phi) is 6.25. The number of aryl methyl sites for hydroxylation is 1. The first kappa shape index (κ1) is 16.8. The highest BCUT2D eigenvalue weighted by atomic mass is 35.5. The molecule has 1 unspecified atom stereocenters. The molecule has 0 bridgehead atoms. The molecule has 0 radical (unpaired) electrons. The number of aliphatic hydroxyl groups is 1. The third-order valence-electron chi connectivity index (χ3n) is 3.71. The maximum atomic E-state index is 9.29. The molecule has 2 aromatic carbocycles. The van der Waals surface area contributed by atoms with Gasteiger partial charge in [0.2, 0.25) is 0 Å². The standard InChI is InChI=1S/C18H22ClNO2/c1-13-11-14(3-8-17(13)19)12-20-18(9-10-21)15-4-6-16(22-2)7-5-15/h3-8,11,18,20-21H,9-10,12H2,1-2H3. The van der Waals surface area contributed by atoms with Crippen molar-refractivity contribution >= 4 is 11.6 Å². The smallest absolute Gasteiger partial charge is 0.118 e. The van der Waals surface area contributed by atoms with E-state index in [0.717, 1.165) is 28.4 Å². The zero-order valence-electron chi connectivity index (χ0n) is 13.0. The van der Waals surface area contributed by atoms with Crippen molar-refractivity contribution in [1.29, 1.82) is 0 Å². The van der Waals surface area contributed by atoms with Gasteiger partial charge in [-0.15, -0.1) is 0 Å². The summed E-state index contributed by atoms with van der Waals surface area (Å²) in [5.41, 5.74) is 3.39. The number of aliphatic hydroxyl groups excluding tert-OH is 1. The van der Waals surface area contributed by atoms with E-state index in [1.807, 2.05) is 43.3 Å². The van der Waals surface area contributed by atoms with Gasteiger partial charge in [0, 0.05) is 24.2 Å². The Hall–Kier alpha value is -1.55. The van der Waals surface area contributed by atoms with E-state index in [0.29, 0.717) is 6.42 Å². The number of ether oxygens (including phenoxy) is 1. The molecule has 0 spiro atoms. The lowest BCUT2D eigenvalue weighted by molar-refractivity contribution is 0.265. The van der Waals surface area contributed by atoms with Gasteiger partial charge in [0.25, 0.3) is 0 Å². The van der Waals surface area contributed by atoms with Gasteiger partial charge < -0.3 is 15.2 Å². The third-order valence-corrected chi connectivity index (χ3v) is 4.13. The Morgan fingerprint density at radius 3 is 2.50 bits per heavy atom. The number of rotatable bonds is 7. The fraction of sp³-hybridized carbons (Fsp3) is 0.333. The summed E-state index contributed by atoms with van der Waals surface area (Å²) in [6.45, 7) is 2.87. The van der Waals surface area contributed by atoms with Gasteiger partial charge in [-0.2, -0.15) is 0 Å². The van der Waals surface area contributed by atoms with E-state index in [1.54, 1.807) is 7.11 Å². The highest BCUT2D eigenvalue weighted by molar-refractivity contribution is 6.31. The summed E-state index contributed by atoms with van der Waals surface area (Å²) < 4.78 is 5.18. The van der Waals surface area contributed by atoms with Gasteiger partial charge in [-0.1, -0.05) is 35.9 Å². The van der Waals surface area contributed by atoms with Crippen molar-refractivity contribution < 1.29 is 9.84 Å². The number of methoxy groups -OCH3 is 1. The summed E-state index contributed by atoms with van der Waals surface area (Å²) in [6.07, 6.45) is 0.666. The van der Waals surface area contributed by atoms with Crippen LogP contribution >= 0.6 is 11.6 Å². The van der Waals surface area contributed by atoms with E-state index in [1.165, 1.54) is 5.56 Å². The van der Waals surface area contributed by atoms with Gasteiger partial charge >= 0.3 is 0 Å². The molecule has 0 fully saturated rings. The van der Waals surface area contributed by atoms with E-state index < -0.39 is 0 Å². The Balaban J connectivity index is 2.05. The summed E-state index contributed by atoms with van der Waals surface area (Å²) in [5, 5.41) is 13.6. The van der Waals surface area contributed by atoms with Crippen LogP contribution in [-0.2, 0) is 6.54 Å². The molecule has 2 aromatic rings. The van der Waals surface area contributed by atoms with Crippen molar-refractivity contribution in [3.8, 4) is 5.75 Å². The Morgan fingerprint density at radius 1 is 1.18 bits per heavy atom. The lowest BCUT2D eigenvalue weighted by Crippen LogP contribution is -2.22. The average molecular weight is 320 g/mol. The van der Waals surface area contributed by atoms with Gasteiger partial charge in [-0.05, 0) is 48.2 Å². The number of hydrogen-bond donors (Lipinski definition) is 2. The zero-order valence-corrected chi connectivity index (χ0v) is 13.7. The molecular weight excluding hydrogens is 298 g/mol. The molecule has 0 aromatic heterocycles.